The van der Waals surface area contributed by atoms with Gasteiger partial charge in [-0.3, -0.25) is 0 Å². The number of aromatic amines is 1. The molecule has 11 aromatic rings. The van der Waals surface area contributed by atoms with Crippen molar-refractivity contribution in [3.63, 3.8) is 0 Å². The summed E-state index contributed by atoms with van der Waals surface area (Å²) in [4.78, 5) is 43.1. The second-order valence-electron chi connectivity index (χ2n) is 25.8. The number of benzene rings is 8. The fourth-order valence-corrected chi connectivity index (χ4v) is 10.7. The Morgan fingerprint density at radius 1 is 0.333 bits per heavy atom. The monoisotopic (exact) mass is 1110 g/mol. The number of nitrogens with zero attached hydrogens (tertiary/aromatic N) is 7. The molecule has 0 atom stereocenters. The van der Waals surface area contributed by atoms with Gasteiger partial charge in [-0.1, -0.05) is 204 Å². The first-order chi connectivity index (χ1) is 40.1. The number of hydrogen-bond acceptors (Lipinski definition) is 10. The lowest BCUT2D eigenvalue weighted by atomic mass is 9.87. The van der Waals surface area contributed by atoms with Gasteiger partial charge in [0.2, 0.25) is 5.75 Å². The average molecular weight is 1110 g/mol. The summed E-state index contributed by atoms with van der Waals surface area (Å²) in [5, 5.41) is 2.80. The molecule has 12 nitrogen and oxygen atoms in total. The normalized spacial score (nSPS) is 12.5. The molecule has 418 valence electrons. The molecule has 0 radical (unpaired) electrons. The molecule has 0 saturated heterocycles. The van der Waals surface area contributed by atoms with Crippen molar-refractivity contribution in [2.45, 2.75) is 105 Å². The lowest BCUT2D eigenvalue weighted by molar-refractivity contribution is 0.237. The zero-order chi connectivity index (χ0) is 58.5. The van der Waals surface area contributed by atoms with Gasteiger partial charge >= 0.3 is 0 Å². The standard InChI is InChI=1S/C72H66N8O4/c1-69(2,3)42-25-33-46(34-26-42)81-57-41-56-58(60(83-48-37-29-44(30-38-48)71(7,8)9)59(57)82-47-35-27-43(28-36-47)70(4,5)6)66-76-62-51-20-14-16-22-53(51)64(74-62)79-68-55-24-18-17-23-54(55)67(80(68)84-49-39-31-45(32-40-49)72(10,11)12)78-63-52-21-15-13-19-50(52)61(73-63)75-65(56)77-66/h13-41H,1-12H3,(H,73,74,75,76,77,78,79). The van der Waals surface area contributed by atoms with Crippen LogP contribution in [-0.4, -0.2) is 39.6 Å². The maximum Gasteiger partial charge on any atom is 0.213 e. The maximum absolute atomic E-state index is 7.28. The third-order valence-corrected chi connectivity index (χ3v) is 15.6. The Bertz CT molecular complexity index is 4560. The third kappa shape index (κ3) is 10.0. The molecule has 0 saturated carbocycles. The predicted octanol–water partition coefficient (Wildman–Crippen LogP) is 18.8. The van der Waals surface area contributed by atoms with Gasteiger partial charge in [-0.2, -0.15) is 0 Å². The van der Waals surface area contributed by atoms with E-state index in [2.05, 4.69) is 137 Å². The van der Waals surface area contributed by atoms with E-state index in [-0.39, 0.29) is 21.7 Å². The highest BCUT2D eigenvalue weighted by Crippen LogP contribution is 2.52. The molecule has 8 bridgehead atoms. The molecule has 2 aliphatic rings. The minimum Gasteiger partial charge on any atom is -0.453 e. The van der Waals surface area contributed by atoms with Crippen LogP contribution in [0.25, 0.3) is 89.7 Å². The smallest absolute Gasteiger partial charge is 0.213 e. The Labute approximate surface area is 489 Å². The SMILES string of the molecule is CC(C)(C)c1ccc(Oc2cc3c4nc5nc(nc6c7ccccc7c(nc7nc(nc([nH]4)c3c(Oc3ccc(C(C)(C)C)cc3)c2Oc2ccc(C(C)(C)C)cc2)-c2ccccc2-7)n6Oc2ccc(C(C)(C)C)cc2)-c2ccccc2-5)cc1. The van der Waals surface area contributed by atoms with Gasteiger partial charge in [0, 0.05) is 38.4 Å². The van der Waals surface area contributed by atoms with Crippen molar-refractivity contribution in [1.29, 1.82) is 0 Å². The quantitative estimate of drug-likeness (QED) is 0.157. The molecule has 3 aromatic heterocycles. The predicted molar refractivity (Wildman–Crippen MR) is 337 cm³/mol. The molecule has 0 unspecified atom stereocenters. The zero-order valence-electron chi connectivity index (χ0n) is 49.5. The molecule has 0 amide bonds. The van der Waals surface area contributed by atoms with Crippen LogP contribution in [0.3, 0.4) is 0 Å². The van der Waals surface area contributed by atoms with Crippen molar-refractivity contribution >= 4 is 44.1 Å². The fraction of sp³-hybridized carbons (Fsp3) is 0.222. The molecule has 0 aliphatic carbocycles. The van der Waals surface area contributed by atoms with Gasteiger partial charge in [-0.05, 0) is 98.5 Å². The highest BCUT2D eigenvalue weighted by Gasteiger charge is 2.29. The molecular formula is C72H66N8O4. The van der Waals surface area contributed by atoms with E-state index in [1.54, 1.807) is 4.73 Å². The van der Waals surface area contributed by atoms with Crippen LogP contribution >= 0.6 is 0 Å². The number of aromatic nitrogens is 8. The van der Waals surface area contributed by atoms with Crippen molar-refractivity contribution in [3.8, 4) is 85.8 Å². The van der Waals surface area contributed by atoms with Gasteiger partial charge in [0.05, 0.1) is 5.39 Å². The lowest BCUT2D eigenvalue weighted by Gasteiger charge is -2.22. The van der Waals surface area contributed by atoms with E-state index in [0.29, 0.717) is 96.9 Å². The largest absolute Gasteiger partial charge is 0.453 e. The van der Waals surface area contributed by atoms with E-state index < -0.39 is 0 Å². The molecule has 1 N–H and O–H groups in total. The highest BCUT2D eigenvalue weighted by molar-refractivity contribution is 6.11. The second-order valence-corrected chi connectivity index (χ2v) is 25.8. The van der Waals surface area contributed by atoms with Crippen molar-refractivity contribution in [1.82, 2.24) is 39.6 Å². The highest BCUT2D eigenvalue weighted by atomic mass is 16.7. The van der Waals surface area contributed by atoms with Crippen LogP contribution in [0.15, 0.2) is 176 Å². The van der Waals surface area contributed by atoms with Gasteiger partial charge < -0.3 is 24.0 Å². The van der Waals surface area contributed by atoms with E-state index >= 15 is 0 Å². The van der Waals surface area contributed by atoms with E-state index in [0.717, 1.165) is 44.2 Å². The first kappa shape index (κ1) is 53.6. The molecule has 84 heavy (non-hydrogen) atoms. The number of H-pyrrole nitrogens is 1. The van der Waals surface area contributed by atoms with Crippen molar-refractivity contribution in [2.75, 3.05) is 0 Å². The van der Waals surface area contributed by atoms with Gasteiger partial charge in [-0.25, -0.2) is 29.9 Å². The minimum atomic E-state index is -0.103. The Balaban J connectivity index is 1.15. The second kappa shape index (κ2) is 20.0. The van der Waals surface area contributed by atoms with Crippen molar-refractivity contribution in [2.24, 2.45) is 0 Å². The Morgan fingerprint density at radius 3 is 1.08 bits per heavy atom. The molecule has 8 aromatic carbocycles. The molecule has 13 rings (SSSR count). The Kier molecular flexibility index (Phi) is 12.8. The summed E-state index contributed by atoms with van der Waals surface area (Å²) < 4.78 is 23.2. The summed E-state index contributed by atoms with van der Waals surface area (Å²) in [5.41, 5.74) is 9.28. The Morgan fingerprint density at radius 2 is 0.679 bits per heavy atom. The summed E-state index contributed by atoms with van der Waals surface area (Å²) in [6.45, 7) is 26.3. The first-order valence-corrected chi connectivity index (χ1v) is 28.6. The van der Waals surface area contributed by atoms with Gasteiger partial charge in [-0.15, -0.1) is 4.73 Å². The van der Waals surface area contributed by atoms with Crippen LogP contribution in [0.4, 0.5) is 0 Å². The van der Waals surface area contributed by atoms with Gasteiger partial charge in [0.25, 0.3) is 0 Å². The number of hydrogen-bond donors (Lipinski definition) is 1. The summed E-state index contributed by atoms with van der Waals surface area (Å²) in [7, 11) is 0. The topological polar surface area (TPSA) is 135 Å². The number of rotatable bonds is 8. The van der Waals surface area contributed by atoms with E-state index in [9.17, 15) is 0 Å². The summed E-state index contributed by atoms with van der Waals surface area (Å²) >= 11 is 0. The first-order valence-electron chi connectivity index (χ1n) is 28.6. The molecule has 2 aliphatic heterocycles. The minimum absolute atomic E-state index is 0.0609. The van der Waals surface area contributed by atoms with E-state index in [1.165, 1.54) is 11.1 Å². The average Bonchev–Trinajstić information content (AvgIpc) is 2.02. The van der Waals surface area contributed by atoms with Crippen molar-refractivity contribution < 1.29 is 19.0 Å². The molecule has 12 heteroatoms. The van der Waals surface area contributed by atoms with Crippen LogP contribution in [0.5, 0.6) is 40.2 Å². The third-order valence-electron chi connectivity index (χ3n) is 15.6. The van der Waals surface area contributed by atoms with Crippen LogP contribution in [-0.2, 0) is 21.7 Å². The summed E-state index contributed by atoms with van der Waals surface area (Å²) in [5.74, 6) is 5.12. The summed E-state index contributed by atoms with van der Waals surface area (Å²) in [6, 6.07) is 58.7. The molecule has 5 heterocycles. The number of fused-ring (bicyclic) bond motifs is 20. The van der Waals surface area contributed by atoms with Crippen molar-refractivity contribution in [3.05, 3.63) is 198 Å². The van der Waals surface area contributed by atoms with Crippen LogP contribution in [0.2, 0.25) is 0 Å². The molecule has 0 fully saturated rings. The molecule has 0 spiro atoms. The zero-order valence-corrected chi connectivity index (χ0v) is 49.5. The maximum atomic E-state index is 7.28. The van der Waals surface area contributed by atoms with E-state index in [1.807, 2.05) is 127 Å². The number of nitrogens with one attached hydrogen (secondary N) is 1. The van der Waals surface area contributed by atoms with Crippen LogP contribution < -0.4 is 19.0 Å². The molecular weight excluding hydrogens is 1040 g/mol. The fourth-order valence-electron chi connectivity index (χ4n) is 10.7. The van der Waals surface area contributed by atoms with Crippen LogP contribution in [0.1, 0.15) is 105 Å². The van der Waals surface area contributed by atoms with E-state index in [4.69, 9.17) is 49.0 Å². The van der Waals surface area contributed by atoms with Gasteiger partial charge in [0.15, 0.2) is 51.8 Å². The lowest BCUT2D eigenvalue weighted by Crippen LogP contribution is -2.11. The Hall–Kier alpha value is -9.68. The summed E-state index contributed by atoms with van der Waals surface area (Å²) in [6.07, 6.45) is 0. The van der Waals surface area contributed by atoms with Gasteiger partial charge in [0.1, 0.15) is 28.5 Å². The number of ether oxygens (including phenoxy) is 3. The van der Waals surface area contributed by atoms with Crippen LogP contribution in [0, 0.1) is 0 Å².